The zero-order valence-electron chi connectivity index (χ0n) is 13.4. The summed E-state index contributed by atoms with van der Waals surface area (Å²) < 4.78 is 14.4. The summed E-state index contributed by atoms with van der Waals surface area (Å²) in [4.78, 5) is 25.4. The van der Waals surface area contributed by atoms with E-state index in [1.807, 2.05) is 0 Å². The number of hydrogen-bond acceptors (Lipinski definition) is 3. The summed E-state index contributed by atoms with van der Waals surface area (Å²) in [5.41, 5.74) is 1.42. The maximum atomic E-state index is 13.5. The Balaban J connectivity index is 1.58. The van der Waals surface area contributed by atoms with Crippen LogP contribution < -0.4 is 5.32 Å². The van der Waals surface area contributed by atoms with E-state index < -0.39 is 0 Å². The summed E-state index contributed by atoms with van der Waals surface area (Å²) in [6, 6.07) is 11.6. The van der Waals surface area contributed by atoms with Gasteiger partial charge in [0.15, 0.2) is 5.78 Å². The fraction of sp³-hybridized carbons (Fsp3) is 0.263. The number of benzene rings is 2. The van der Waals surface area contributed by atoms with Crippen LogP contribution in [0.5, 0.6) is 0 Å². The molecule has 0 aromatic heterocycles. The monoisotopic (exact) mass is 421 g/mol. The lowest BCUT2D eigenvalue weighted by Crippen LogP contribution is -2.31. The van der Waals surface area contributed by atoms with Gasteiger partial charge in [-0.3, -0.25) is 9.59 Å². The lowest BCUT2D eigenvalue weighted by atomic mass is 10.0. The molecule has 6 heteroatoms. The highest BCUT2D eigenvalue weighted by Gasteiger charge is 2.23. The van der Waals surface area contributed by atoms with Gasteiger partial charge in [0.05, 0.1) is 6.04 Å². The number of hydrogen-bond donors (Lipinski definition) is 1. The molecule has 25 heavy (non-hydrogen) atoms. The minimum absolute atomic E-state index is 0.0618. The molecule has 1 atom stereocenters. The van der Waals surface area contributed by atoms with Gasteiger partial charge in [-0.2, -0.15) is 0 Å². The van der Waals surface area contributed by atoms with Gasteiger partial charge in [0.25, 0.3) is 0 Å². The Morgan fingerprint density at radius 2 is 1.92 bits per heavy atom. The molecule has 3 rings (SSSR count). The maximum Gasteiger partial charge on any atom is 0.220 e. The molecule has 1 amide bonds. The summed E-state index contributed by atoms with van der Waals surface area (Å²) in [5.74, 6) is 0.332. The zero-order valence-corrected chi connectivity index (χ0v) is 15.8. The van der Waals surface area contributed by atoms with Crippen LogP contribution in [0.2, 0.25) is 0 Å². The quantitative estimate of drug-likeness (QED) is 0.697. The molecule has 1 aliphatic heterocycles. The standard InChI is InChI=1S/C19H17BrFNO2S/c20-13-3-1-12(2-4-13)17(23)6-8-19(24)22-16-9-10-25-18-7-5-14(21)11-15(16)18/h1-5,7,11,16H,6,8-10H2,(H,22,24). The Kier molecular flexibility index (Phi) is 5.91. The fourth-order valence-corrected chi connectivity index (χ4v) is 4.16. The van der Waals surface area contributed by atoms with Crippen LogP contribution in [0.1, 0.15) is 41.2 Å². The Morgan fingerprint density at radius 3 is 2.68 bits per heavy atom. The molecule has 2 aromatic carbocycles. The SMILES string of the molecule is O=C(CCC(=O)c1ccc(Br)cc1)NC1CCSc2ccc(F)cc21. The number of fused-ring (bicyclic) bond motifs is 1. The third-order valence-electron chi connectivity index (χ3n) is 4.09. The number of carbonyl (C=O) groups is 2. The summed E-state index contributed by atoms with van der Waals surface area (Å²) in [5, 5.41) is 2.94. The molecule has 2 aromatic rings. The fourth-order valence-electron chi connectivity index (χ4n) is 2.79. The van der Waals surface area contributed by atoms with Gasteiger partial charge in [-0.05, 0) is 42.3 Å². The van der Waals surface area contributed by atoms with Crippen LogP contribution in [-0.4, -0.2) is 17.4 Å². The van der Waals surface area contributed by atoms with Crippen molar-refractivity contribution < 1.29 is 14.0 Å². The van der Waals surface area contributed by atoms with Crippen molar-refractivity contribution in [3.63, 3.8) is 0 Å². The predicted octanol–water partition coefficient (Wildman–Crippen LogP) is 4.90. The molecule has 0 spiro atoms. The third kappa shape index (κ3) is 4.70. The van der Waals surface area contributed by atoms with Gasteiger partial charge in [-0.25, -0.2) is 4.39 Å². The van der Waals surface area contributed by atoms with Crippen molar-refractivity contribution >= 4 is 39.4 Å². The maximum absolute atomic E-state index is 13.5. The van der Waals surface area contributed by atoms with E-state index in [2.05, 4.69) is 21.2 Å². The molecule has 0 aliphatic carbocycles. The first-order valence-corrected chi connectivity index (χ1v) is 9.81. The summed E-state index contributed by atoms with van der Waals surface area (Å²) in [6.07, 6.45) is 1.04. The van der Waals surface area contributed by atoms with Crippen molar-refractivity contribution in [3.8, 4) is 0 Å². The number of carbonyl (C=O) groups excluding carboxylic acids is 2. The van der Waals surface area contributed by atoms with Crippen LogP contribution in [-0.2, 0) is 4.79 Å². The largest absolute Gasteiger partial charge is 0.349 e. The second-order valence-electron chi connectivity index (χ2n) is 5.87. The summed E-state index contributed by atoms with van der Waals surface area (Å²) in [7, 11) is 0. The van der Waals surface area contributed by atoms with Crippen LogP contribution in [0, 0.1) is 5.82 Å². The minimum Gasteiger partial charge on any atom is -0.349 e. The molecule has 0 fully saturated rings. The highest BCUT2D eigenvalue weighted by Crippen LogP contribution is 2.36. The van der Waals surface area contributed by atoms with Gasteiger partial charge in [0.2, 0.25) is 5.91 Å². The first-order valence-electron chi connectivity index (χ1n) is 8.03. The van der Waals surface area contributed by atoms with Crippen molar-refractivity contribution in [2.24, 2.45) is 0 Å². The van der Waals surface area contributed by atoms with E-state index in [4.69, 9.17) is 0 Å². The first-order chi connectivity index (χ1) is 12.0. The topological polar surface area (TPSA) is 46.2 Å². The lowest BCUT2D eigenvalue weighted by Gasteiger charge is -2.26. The molecule has 130 valence electrons. The Morgan fingerprint density at radius 1 is 1.16 bits per heavy atom. The first kappa shape index (κ1) is 18.1. The second-order valence-corrected chi connectivity index (χ2v) is 7.92. The molecule has 1 N–H and O–H groups in total. The van der Waals surface area contributed by atoms with Crippen molar-refractivity contribution in [2.45, 2.75) is 30.2 Å². The van der Waals surface area contributed by atoms with Crippen LogP contribution >= 0.6 is 27.7 Å². The van der Waals surface area contributed by atoms with E-state index in [0.29, 0.717) is 5.56 Å². The average Bonchev–Trinajstić information content (AvgIpc) is 2.61. The van der Waals surface area contributed by atoms with Crippen molar-refractivity contribution in [1.82, 2.24) is 5.32 Å². The van der Waals surface area contributed by atoms with E-state index in [-0.39, 0.29) is 36.4 Å². The molecule has 0 radical (unpaired) electrons. The smallest absolute Gasteiger partial charge is 0.220 e. The van der Waals surface area contributed by atoms with E-state index in [1.54, 1.807) is 42.1 Å². The Labute approximate surface area is 158 Å². The number of rotatable bonds is 5. The highest BCUT2D eigenvalue weighted by molar-refractivity contribution is 9.10. The highest BCUT2D eigenvalue weighted by atomic mass is 79.9. The van der Waals surface area contributed by atoms with Crippen LogP contribution in [0.4, 0.5) is 4.39 Å². The molecule has 0 saturated heterocycles. The molecule has 1 unspecified atom stereocenters. The van der Waals surface area contributed by atoms with Crippen molar-refractivity contribution in [3.05, 3.63) is 63.9 Å². The summed E-state index contributed by atoms with van der Waals surface area (Å²) in [6.45, 7) is 0. The van der Waals surface area contributed by atoms with Gasteiger partial charge in [0, 0.05) is 33.5 Å². The van der Waals surface area contributed by atoms with Crippen molar-refractivity contribution in [2.75, 3.05) is 5.75 Å². The molecule has 0 saturated carbocycles. The molecule has 1 aliphatic rings. The summed E-state index contributed by atoms with van der Waals surface area (Å²) >= 11 is 5.00. The predicted molar refractivity (Wildman–Crippen MR) is 100 cm³/mol. The van der Waals surface area contributed by atoms with E-state index in [1.165, 1.54) is 12.1 Å². The van der Waals surface area contributed by atoms with Crippen LogP contribution in [0.15, 0.2) is 51.8 Å². The Bertz CT molecular complexity index is 795. The molecule has 1 heterocycles. The van der Waals surface area contributed by atoms with E-state index >= 15 is 0 Å². The molecule has 0 bridgehead atoms. The minimum atomic E-state index is -0.300. The number of amides is 1. The van der Waals surface area contributed by atoms with Crippen molar-refractivity contribution in [1.29, 1.82) is 0 Å². The van der Waals surface area contributed by atoms with Crippen LogP contribution in [0.3, 0.4) is 0 Å². The van der Waals surface area contributed by atoms with Gasteiger partial charge in [-0.1, -0.05) is 28.1 Å². The number of ketones is 1. The second kappa shape index (κ2) is 8.15. The van der Waals surface area contributed by atoms with E-state index in [0.717, 1.165) is 27.1 Å². The number of Topliss-reactive ketones (excluding diaryl/α,β-unsaturated/α-hetero) is 1. The third-order valence-corrected chi connectivity index (χ3v) is 5.74. The van der Waals surface area contributed by atoms with Gasteiger partial charge >= 0.3 is 0 Å². The van der Waals surface area contributed by atoms with Crippen LogP contribution in [0.25, 0.3) is 0 Å². The van der Waals surface area contributed by atoms with Gasteiger partial charge in [-0.15, -0.1) is 11.8 Å². The number of thioether (sulfide) groups is 1. The number of nitrogens with one attached hydrogen (secondary N) is 1. The molecule has 3 nitrogen and oxygen atoms in total. The van der Waals surface area contributed by atoms with Gasteiger partial charge < -0.3 is 5.32 Å². The number of halogens is 2. The van der Waals surface area contributed by atoms with Gasteiger partial charge in [0.1, 0.15) is 5.82 Å². The van der Waals surface area contributed by atoms with E-state index in [9.17, 15) is 14.0 Å². The average molecular weight is 422 g/mol. The lowest BCUT2D eigenvalue weighted by molar-refractivity contribution is -0.121. The zero-order chi connectivity index (χ0) is 17.8. The molecular formula is C19H17BrFNO2S. The Hall–Kier alpha value is -1.66. The molecular weight excluding hydrogens is 405 g/mol. The normalized spacial score (nSPS) is 16.2.